The van der Waals surface area contributed by atoms with Crippen molar-refractivity contribution < 1.29 is 0 Å². The highest BCUT2D eigenvalue weighted by Gasteiger charge is 2.11. The zero-order valence-electron chi connectivity index (χ0n) is 23.4. The largest absolute Gasteiger partial charge is 0.309 e. The minimum absolute atomic E-state index is 0.732. The Hall–Kier alpha value is -5.80. The van der Waals surface area contributed by atoms with Gasteiger partial charge in [0, 0.05) is 22.6 Å². The van der Waals surface area contributed by atoms with E-state index in [-0.39, 0.29) is 0 Å². The first-order valence-corrected chi connectivity index (χ1v) is 14.5. The molecule has 0 fully saturated rings. The number of benzene rings is 7. The fourth-order valence-electron chi connectivity index (χ4n) is 6.44. The molecule has 7 aromatic carbocycles. The normalized spacial score (nSPS) is 12.3. The molecule has 1 N–H and O–H groups in total. The molecular formula is C40H27N3. The molecule has 1 aromatic heterocycles. The standard InChI is InChI=1S/C40H27N3/c41-23-22-38(42-26-43-39-18-7-5-16-35(39)36-17-6-8-19-40(36)43)29-11-9-10-27(24-29)28-20-21-34-32-14-2-1-12-30(32)31-13-3-4-15-33(31)37(34)25-28/h1-26,41H/b38-22-,41-23?,42-26?. The summed E-state index contributed by atoms with van der Waals surface area (Å²) in [5.74, 6) is 0. The fraction of sp³-hybridized carbons (Fsp3) is 0. The second kappa shape index (κ2) is 10.2. The highest BCUT2D eigenvalue weighted by molar-refractivity contribution is 6.25. The van der Waals surface area contributed by atoms with Gasteiger partial charge in [-0.2, -0.15) is 0 Å². The van der Waals surface area contributed by atoms with Gasteiger partial charge in [-0.3, -0.25) is 4.57 Å². The minimum atomic E-state index is 0.732. The molecule has 8 aromatic rings. The maximum absolute atomic E-state index is 7.87. The summed E-state index contributed by atoms with van der Waals surface area (Å²) in [5.41, 5.74) is 6.16. The molecule has 0 saturated heterocycles. The predicted octanol–water partition coefficient (Wildman–Crippen LogP) is 10.5. The smallest absolute Gasteiger partial charge is 0.100 e. The van der Waals surface area contributed by atoms with Crippen LogP contribution in [0.1, 0.15) is 5.56 Å². The summed E-state index contributed by atoms with van der Waals surface area (Å²) < 4.78 is 2.13. The SMILES string of the molecule is N=C/C=C(\N=Cn1c2ccccc2c2ccccc21)c1cccc(-c2ccc3c4ccccc4c4ccccc4c3c2)c1. The van der Waals surface area contributed by atoms with Gasteiger partial charge in [0.25, 0.3) is 0 Å². The lowest BCUT2D eigenvalue weighted by Crippen LogP contribution is -1.95. The van der Waals surface area contributed by atoms with Crippen LogP contribution in [0.25, 0.3) is 70.9 Å². The van der Waals surface area contributed by atoms with Gasteiger partial charge in [-0.05, 0) is 73.8 Å². The lowest BCUT2D eigenvalue weighted by molar-refractivity contribution is 1.31. The Kier molecular flexibility index (Phi) is 5.94. The van der Waals surface area contributed by atoms with Gasteiger partial charge in [-0.25, -0.2) is 4.99 Å². The quantitative estimate of drug-likeness (QED) is 0.126. The minimum Gasteiger partial charge on any atom is -0.309 e. The number of nitrogens with zero attached hydrogens (tertiary/aromatic N) is 2. The fourth-order valence-corrected chi connectivity index (χ4v) is 6.44. The molecule has 3 heteroatoms. The summed E-state index contributed by atoms with van der Waals surface area (Å²) in [4.78, 5) is 4.93. The van der Waals surface area contributed by atoms with E-state index in [0.717, 1.165) is 33.4 Å². The summed E-state index contributed by atoms with van der Waals surface area (Å²) >= 11 is 0. The molecule has 8 rings (SSSR count). The van der Waals surface area contributed by atoms with Gasteiger partial charge >= 0.3 is 0 Å². The molecule has 0 radical (unpaired) electrons. The van der Waals surface area contributed by atoms with E-state index in [2.05, 4.69) is 144 Å². The summed E-state index contributed by atoms with van der Waals surface area (Å²) in [7, 11) is 0. The van der Waals surface area contributed by atoms with Gasteiger partial charge in [-0.1, -0.05) is 115 Å². The van der Waals surface area contributed by atoms with E-state index in [1.54, 1.807) is 6.08 Å². The van der Waals surface area contributed by atoms with Crippen LogP contribution in [0.3, 0.4) is 0 Å². The number of fused-ring (bicyclic) bond motifs is 9. The summed E-state index contributed by atoms with van der Waals surface area (Å²) in [5, 5.41) is 17.8. The van der Waals surface area contributed by atoms with E-state index in [0.29, 0.717) is 0 Å². The predicted molar refractivity (Wildman–Crippen MR) is 184 cm³/mol. The number of nitrogens with one attached hydrogen (secondary N) is 1. The van der Waals surface area contributed by atoms with Gasteiger partial charge in [0.2, 0.25) is 0 Å². The maximum atomic E-state index is 7.87. The topological polar surface area (TPSA) is 41.1 Å². The lowest BCUT2D eigenvalue weighted by atomic mass is 9.92. The first-order valence-electron chi connectivity index (χ1n) is 14.5. The first-order chi connectivity index (χ1) is 21.3. The van der Waals surface area contributed by atoms with Crippen molar-refractivity contribution in [2.75, 3.05) is 0 Å². The first kappa shape index (κ1) is 25.0. The van der Waals surface area contributed by atoms with Gasteiger partial charge in [0.05, 0.1) is 16.7 Å². The van der Waals surface area contributed by atoms with E-state index in [9.17, 15) is 0 Å². The van der Waals surface area contributed by atoms with E-state index in [4.69, 9.17) is 10.4 Å². The molecule has 0 amide bonds. The monoisotopic (exact) mass is 549 g/mol. The third kappa shape index (κ3) is 4.13. The third-order valence-corrected chi connectivity index (χ3v) is 8.41. The number of rotatable bonds is 5. The Morgan fingerprint density at radius 2 is 1.00 bits per heavy atom. The van der Waals surface area contributed by atoms with E-state index >= 15 is 0 Å². The Morgan fingerprint density at radius 3 is 1.60 bits per heavy atom. The van der Waals surface area contributed by atoms with Crippen LogP contribution in [0.2, 0.25) is 0 Å². The van der Waals surface area contributed by atoms with Crippen molar-refractivity contribution in [2.45, 2.75) is 0 Å². The molecule has 0 saturated carbocycles. The molecule has 0 atom stereocenters. The van der Waals surface area contributed by atoms with Crippen LogP contribution < -0.4 is 0 Å². The number of aliphatic imine (C=N–C) groups is 1. The summed E-state index contributed by atoms with van der Waals surface area (Å²) in [6.07, 6.45) is 4.93. The highest BCUT2D eigenvalue weighted by Crippen LogP contribution is 2.37. The van der Waals surface area contributed by atoms with Gasteiger partial charge in [0.15, 0.2) is 0 Å². The van der Waals surface area contributed by atoms with Crippen molar-refractivity contribution in [2.24, 2.45) is 4.99 Å². The molecule has 1 heterocycles. The van der Waals surface area contributed by atoms with Gasteiger partial charge in [0.1, 0.15) is 6.34 Å². The average Bonchev–Trinajstić information content (AvgIpc) is 3.40. The molecule has 202 valence electrons. The number of para-hydroxylation sites is 2. The van der Waals surface area contributed by atoms with Crippen LogP contribution >= 0.6 is 0 Å². The highest BCUT2D eigenvalue weighted by atomic mass is 15.0. The average molecular weight is 550 g/mol. The third-order valence-electron chi connectivity index (χ3n) is 8.41. The molecule has 43 heavy (non-hydrogen) atoms. The Balaban J connectivity index is 1.24. The Bertz CT molecular complexity index is 2340. The summed E-state index contributed by atoms with van der Waals surface area (Å²) in [6, 6.07) is 49.3. The van der Waals surface area contributed by atoms with Crippen LogP contribution in [0.5, 0.6) is 0 Å². The second-order valence-electron chi connectivity index (χ2n) is 10.8. The van der Waals surface area contributed by atoms with Crippen molar-refractivity contribution in [3.63, 3.8) is 0 Å². The Morgan fingerprint density at radius 1 is 0.488 bits per heavy atom. The molecule has 0 aliphatic rings. The van der Waals surface area contributed by atoms with Crippen molar-refractivity contribution in [3.8, 4) is 11.1 Å². The van der Waals surface area contributed by atoms with Crippen molar-refractivity contribution >= 4 is 72.4 Å². The zero-order valence-corrected chi connectivity index (χ0v) is 23.4. The van der Waals surface area contributed by atoms with E-state index in [1.807, 2.05) is 6.34 Å². The van der Waals surface area contributed by atoms with Crippen LogP contribution in [-0.2, 0) is 0 Å². The number of allylic oxidation sites excluding steroid dienone is 1. The molecule has 0 bridgehead atoms. The van der Waals surface area contributed by atoms with Crippen molar-refractivity contribution in [3.05, 3.63) is 151 Å². The van der Waals surface area contributed by atoms with Crippen LogP contribution in [0, 0.1) is 5.41 Å². The van der Waals surface area contributed by atoms with E-state index in [1.165, 1.54) is 49.3 Å². The second-order valence-corrected chi connectivity index (χ2v) is 10.8. The molecule has 0 aliphatic carbocycles. The lowest BCUT2D eigenvalue weighted by Gasteiger charge is -2.12. The molecule has 3 nitrogen and oxygen atoms in total. The van der Waals surface area contributed by atoms with E-state index < -0.39 is 0 Å². The molecular weight excluding hydrogens is 522 g/mol. The number of aromatic nitrogens is 1. The van der Waals surface area contributed by atoms with Gasteiger partial charge < -0.3 is 5.41 Å². The van der Waals surface area contributed by atoms with Crippen LogP contribution in [-0.4, -0.2) is 17.1 Å². The molecule has 0 spiro atoms. The zero-order chi connectivity index (χ0) is 28.8. The van der Waals surface area contributed by atoms with Crippen LogP contribution in [0.4, 0.5) is 0 Å². The van der Waals surface area contributed by atoms with Crippen molar-refractivity contribution in [1.82, 2.24) is 4.57 Å². The van der Waals surface area contributed by atoms with Crippen molar-refractivity contribution in [1.29, 1.82) is 5.41 Å². The maximum Gasteiger partial charge on any atom is 0.100 e. The summed E-state index contributed by atoms with van der Waals surface area (Å²) in [6.45, 7) is 0. The van der Waals surface area contributed by atoms with Crippen LogP contribution in [0.15, 0.2) is 151 Å². The van der Waals surface area contributed by atoms with Gasteiger partial charge in [-0.15, -0.1) is 0 Å². The number of hydrogen-bond donors (Lipinski definition) is 1. The number of hydrogen-bond acceptors (Lipinski definition) is 2. The molecule has 0 aliphatic heterocycles. The Labute approximate surface area is 249 Å². The molecule has 0 unspecified atom stereocenters.